The molecule has 0 bridgehead atoms. The lowest BCUT2D eigenvalue weighted by molar-refractivity contribution is -0.144. The van der Waals surface area contributed by atoms with Gasteiger partial charge in [-0.2, -0.15) is 0 Å². The number of aryl methyl sites for hydroxylation is 1. The van der Waals surface area contributed by atoms with Crippen molar-refractivity contribution in [3.05, 3.63) is 17.5 Å². The van der Waals surface area contributed by atoms with Gasteiger partial charge in [0.2, 0.25) is 23.5 Å². The van der Waals surface area contributed by atoms with Gasteiger partial charge in [0.05, 0.1) is 6.04 Å². The van der Waals surface area contributed by atoms with Crippen molar-refractivity contribution in [2.24, 2.45) is 11.3 Å². The number of ketones is 1. The highest BCUT2D eigenvalue weighted by atomic mass is 16.5. The summed E-state index contributed by atoms with van der Waals surface area (Å²) in [6, 6.07) is -1.96. The lowest BCUT2D eigenvalue weighted by Crippen LogP contribution is -2.59. The monoisotopic (exact) mass is 560 g/mol. The van der Waals surface area contributed by atoms with E-state index in [4.69, 9.17) is 4.52 Å². The third-order valence-electron chi connectivity index (χ3n) is 7.05. The van der Waals surface area contributed by atoms with E-state index in [0.717, 1.165) is 0 Å². The fourth-order valence-corrected chi connectivity index (χ4v) is 4.94. The van der Waals surface area contributed by atoms with Gasteiger partial charge >= 0.3 is 0 Å². The van der Waals surface area contributed by atoms with Crippen LogP contribution in [0.1, 0.15) is 76.6 Å². The molecular weight excluding hydrogens is 520 g/mol. The fourth-order valence-electron chi connectivity index (χ4n) is 4.94. The summed E-state index contributed by atoms with van der Waals surface area (Å²) in [5.74, 6) is -3.64. The Morgan fingerprint density at radius 3 is 2.38 bits per heavy atom. The Kier molecular flexibility index (Phi) is 9.69. The summed E-state index contributed by atoms with van der Waals surface area (Å²) in [4.78, 5) is 79.2. The lowest BCUT2D eigenvalue weighted by Gasteiger charge is -2.35. The fraction of sp³-hybridized carbons (Fsp3) is 0.667. The molecule has 0 saturated carbocycles. The van der Waals surface area contributed by atoms with Crippen LogP contribution in [0.15, 0.2) is 10.6 Å². The largest absolute Gasteiger partial charge is 0.361 e. The Morgan fingerprint density at radius 1 is 1.12 bits per heavy atom. The molecule has 3 rings (SSSR count). The minimum Gasteiger partial charge on any atom is -0.361 e. The molecule has 1 aromatic rings. The van der Waals surface area contributed by atoms with E-state index in [9.17, 15) is 28.8 Å². The van der Waals surface area contributed by atoms with Crippen LogP contribution in [0.5, 0.6) is 0 Å². The standard InChI is InChI=1S/C27H40N6O7/c1-14(2)29-25(38)20(34)17(13-16-9-10-28-22(16)35)30-24(37)19-8-7-11-33(19)26(39)21(27(4,5)6)31-23(36)18-12-15(3)40-32-18/h12,14,16-17,19,21H,7-11,13H2,1-6H3,(H,28,35)(H,29,38)(H,30,37)(H,31,36)/t16-,17-,19-,21+/m0/s1. The van der Waals surface area contributed by atoms with Gasteiger partial charge in [0.1, 0.15) is 17.8 Å². The minimum atomic E-state index is -1.23. The van der Waals surface area contributed by atoms with Gasteiger partial charge < -0.3 is 30.7 Å². The summed E-state index contributed by atoms with van der Waals surface area (Å²) in [5, 5.41) is 14.3. The van der Waals surface area contributed by atoms with Crippen LogP contribution < -0.4 is 21.3 Å². The zero-order valence-corrected chi connectivity index (χ0v) is 24.0. The van der Waals surface area contributed by atoms with Gasteiger partial charge in [-0.1, -0.05) is 25.9 Å². The second-order valence-electron chi connectivity index (χ2n) is 11.9. The number of hydrogen-bond donors (Lipinski definition) is 4. The number of nitrogens with zero attached hydrogens (tertiary/aromatic N) is 2. The van der Waals surface area contributed by atoms with E-state index in [1.807, 2.05) is 0 Å². The molecule has 220 valence electrons. The van der Waals surface area contributed by atoms with E-state index in [0.29, 0.717) is 31.6 Å². The molecule has 0 spiro atoms. The van der Waals surface area contributed by atoms with Crippen LogP contribution in [0.2, 0.25) is 0 Å². The van der Waals surface area contributed by atoms with Crippen molar-refractivity contribution in [1.82, 2.24) is 31.3 Å². The first kappa shape index (κ1) is 30.8. The van der Waals surface area contributed by atoms with E-state index in [-0.39, 0.29) is 30.6 Å². The van der Waals surface area contributed by atoms with Crippen LogP contribution >= 0.6 is 0 Å². The van der Waals surface area contributed by atoms with Crippen molar-refractivity contribution in [3.63, 3.8) is 0 Å². The number of aromatic nitrogens is 1. The number of carbonyl (C=O) groups excluding carboxylic acids is 6. The third-order valence-corrected chi connectivity index (χ3v) is 7.05. The minimum absolute atomic E-state index is 0.0274. The number of hydrogen-bond acceptors (Lipinski definition) is 8. The number of amides is 5. The molecule has 3 heterocycles. The summed E-state index contributed by atoms with van der Waals surface area (Å²) in [6.07, 6.45) is 1.33. The van der Waals surface area contributed by atoms with Crippen molar-refractivity contribution in [2.75, 3.05) is 13.1 Å². The summed E-state index contributed by atoms with van der Waals surface area (Å²) in [7, 11) is 0. The molecule has 1 aromatic heterocycles. The molecule has 13 heteroatoms. The van der Waals surface area contributed by atoms with Crippen molar-refractivity contribution in [1.29, 1.82) is 0 Å². The predicted octanol–water partition coefficient (Wildman–Crippen LogP) is 0.223. The quantitative estimate of drug-likeness (QED) is 0.293. The summed E-state index contributed by atoms with van der Waals surface area (Å²) < 4.78 is 4.97. The lowest BCUT2D eigenvalue weighted by atomic mass is 9.85. The molecular formula is C27H40N6O7. The van der Waals surface area contributed by atoms with E-state index in [1.54, 1.807) is 41.5 Å². The van der Waals surface area contributed by atoms with Gasteiger partial charge in [-0.15, -0.1) is 0 Å². The predicted molar refractivity (Wildman–Crippen MR) is 143 cm³/mol. The van der Waals surface area contributed by atoms with E-state index < -0.39 is 58.9 Å². The average molecular weight is 561 g/mol. The first-order chi connectivity index (χ1) is 18.7. The number of carbonyl (C=O) groups is 6. The van der Waals surface area contributed by atoms with Gasteiger partial charge in [0, 0.05) is 31.1 Å². The second-order valence-corrected chi connectivity index (χ2v) is 11.9. The molecule has 2 aliphatic heterocycles. The van der Waals surface area contributed by atoms with Gasteiger partial charge in [0.25, 0.3) is 11.8 Å². The Bertz CT molecular complexity index is 1150. The van der Waals surface area contributed by atoms with E-state index in [2.05, 4.69) is 26.4 Å². The zero-order valence-electron chi connectivity index (χ0n) is 24.0. The Balaban J connectivity index is 1.78. The van der Waals surface area contributed by atoms with Crippen molar-refractivity contribution >= 4 is 35.3 Å². The van der Waals surface area contributed by atoms with Crippen LogP contribution in [0, 0.1) is 18.3 Å². The van der Waals surface area contributed by atoms with Gasteiger partial charge in [-0.25, -0.2) is 0 Å². The third kappa shape index (κ3) is 7.45. The van der Waals surface area contributed by atoms with Crippen LogP contribution in [-0.2, 0) is 24.0 Å². The molecule has 0 unspecified atom stereocenters. The van der Waals surface area contributed by atoms with Gasteiger partial charge in [0.15, 0.2) is 5.69 Å². The maximum Gasteiger partial charge on any atom is 0.289 e. The first-order valence-corrected chi connectivity index (χ1v) is 13.7. The van der Waals surface area contributed by atoms with Crippen LogP contribution in [-0.4, -0.2) is 82.6 Å². The number of Topliss-reactive ketones (excluding diaryl/α,β-unsaturated/α-hetero) is 1. The number of likely N-dealkylation sites (tertiary alicyclic amines) is 1. The number of rotatable bonds is 10. The van der Waals surface area contributed by atoms with Crippen molar-refractivity contribution in [2.45, 2.75) is 91.4 Å². The second kappa shape index (κ2) is 12.6. The van der Waals surface area contributed by atoms with E-state index in [1.165, 1.54) is 11.0 Å². The summed E-state index contributed by atoms with van der Waals surface area (Å²) in [5.41, 5.74) is -0.675. The molecule has 0 radical (unpaired) electrons. The zero-order chi connectivity index (χ0) is 29.8. The maximum atomic E-state index is 13.8. The molecule has 0 aromatic carbocycles. The topological polar surface area (TPSA) is 180 Å². The molecule has 2 aliphatic rings. The smallest absolute Gasteiger partial charge is 0.289 e. The first-order valence-electron chi connectivity index (χ1n) is 13.7. The molecule has 5 amide bonds. The highest BCUT2D eigenvalue weighted by molar-refractivity contribution is 6.38. The van der Waals surface area contributed by atoms with Crippen molar-refractivity contribution < 1.29 is 33.3 Å². The van der Waals surface area contributed by atoms with Crippen molar-refractivity contribution in [3.8, 4) is 0 Å². The molecule has 40 heavy (non-hydrogen) atoms. The summed E-state index contributed by atoms with van der Waals surface area (Å²) >= 11 is 0. The Morgan fingerprint density at radius 2 is 1.82 bits per heavy atom. The molecule has 2 fully saturated rings. The highest BCUT2D eigenvalue weighted by Crippen LogP contribution is 2.27. The van der Waals surface area contributed by atoms with Crippen LogP contribution in [0.3, 0.4) is 0 Å². The van der Waals surface area contributed by atoms with Gasteiger partial charge in [-0.05, 0) is 51.9 Å². The Labute approximate surface area is 233 Å². The Hall–Kier alpha value is -3.77. The number of nitrogens with one attached hydrogen (secondary N) is 4. The molecule has 13 nitrogen and oxygen atoms in total. The molecule has 4 N–H and O–H groups in total. The SMILES string of the molecule is Cc1cc(C(=O)N[C@H](C(=O)N2CCC[C@H]2C(=O)N[C@@H](C[C@@H]2CCNC2=O)C(=O)C(=O)NC(C)C)C(C)(C)C)no1. The van der Waals surface area contributed by atoms with Gasteiger partial charge in [-0.3, -0.25) is 28.8 Å². The normalized spacial score (nSPS) is 20.6. The van der Waals surface area contributed by atoms with E-state index >= 15 is 0 Å². The van der Waals surface area contributed by atoms with Crippen LogP contribution in [0.4, 0.5) is 0 Å². The molecule has 2 saturated heterocycles. The molecule has 4 atom stereocenters. The average Bonchev–Trinajstić information content (AvgIpc) is 3.61. The maximum absolute atomic E-state index is 13.8. The molecule has 0 aliphatic carbocycles. The summed E-state index contributed by atoms with van der Waals surface area (Å²) in [6.45, 7) is 11.2. The van der Waals surface area contributed by atoms with Crippen LogP contribution in [0.25, 0.3) is 0 Å². The highest BCUT2D eigenvalue weighted by Gasteiger charge is 2.43.